The van der Waals surface area contributed by atoms with Gasteiger partial charge in [-0.1, -0.05) is 6.42 Å². The number of hydrogen-bond acceptors (Lipinski definition) is 4. The first-order valence-corrected chi connectivity index (χ1v) is 6.70. The summed E-state index contributed by atoms with van der Waals surface area (Å²) in [4.78, 5) is 17.9. The SMILES string of the molecule is O=C(CCN(CCO)C1CCC1)c1ccc(F)cn1. The lowest BCUT2D eigenvalue weighted by Gasteiger charge is -2.37. The van der Waals surface area contributed by atoms with Gasteiger partial charge in [0.1, 0.15) is 11.5 Å². The van der Waals surface area contributed by atoms with E-state index in [4.69, 9.17) is 5.11 Å². The molecule has 0 amide bonds. The normalized spacial score (nSPS) is 15.5. The minimum atomic E-state index is -0.437. The van der Waals surface area contributed by atoms with Crippen molar-refractivity contribution in [1.29, 1.82) is 0 Å². The Kier molecular flexibility index (Phi) is 4.99. The van der Waals surface area contributed by atoms with Gasteiger partial charge in [0.25, 0.3) is 0 Å². The second-order valence-electron chi connectivity index (χ2n) is 4.88. The molecular formula is C14H19FN2O2. The summed E-state index contributed by atoms with van der Waals surface area (Å²) in [5.74, 6) is -0.518. The summed E-state index contributed by atoms with van der Waals surface area (Å²) in [6.45, 7) is 1.34. The number of ketones is 1. The zero-order valence-corrected chi connectivity index (χ0v) is 10.9. The third-order valence-electron chi connectivity index (χ3n) is 3.62. The maximum absolute atomic E-state index is 12.7. The number of hydrogen-bond donors (Lipinski definition) is 1. The van der Waals surface area contributed by atoms with Crippen LogP contribution in [0, 0.1) is 5.82 Å². The molecular weight excluding hydrogens is 247 g/mol. The molecule has 0 saturated heterocycles. The average Bonchev–Trinajstić information content (AvgIpc) is 2.34. The Hall–Kier alpha value is -1.33. The Morgan fingerprint density at radius 3 is 2.74 bits per heavy atom. The predicted octanol–water partition coefficient (Wildman–Crippen LogP) is 1.64. The molecule has 0 bridgehead atoms. The molecule has 104 valence electrons. The van der Waals surface area contributed by atoms with Crippen LogP contribution in [0.15, 0.2) is 18.3 Å². The van der Waals surface area contributed by atoms with Gasteiger partial charge in [0, 0.05) is 25.6 Å². The summed E-state index contributed by atoms with van der Waals surface area (Å²) in [7, 11) is 0. The van der Waals surface area contributed by atoms with Crippen molar-refractivity contribution in [2.75, 3.05) is 19.7 Å². The summed E-state index contributed by atoms with van der Waals surface area (Å²) in [6, 6.07) is 3.16. The van der Waals surface area contributed by atoms with Gasteiger partial charge in [0.05, 0.1) is 12.8 Å². The summed E-state index contributed by atoms with van der Waals surface area (Å²) in [5.41, 5.74) is 0.305. The van der Waals surface area contributed by atoms with Crippen molar-refractivity contribution in [1.82, 2.24) is 9.88 Å². The van der Waals surface area contributed by atoms with Crippen LogP contribution in [-0.2, 0) is 0 Å². The van der Waals surface area contributed by atoms with Crippen LogP contribution in [0.2, 0.25) is 0 Å². The Balaban J connectivity index is 1.85. The Bertz CT molecular complexity index is 418. The molecule has 0 radical (unpaired) electrons. The van der Waals surface area contributed by atoms with Gasteiger partial charge < -0.3 is 5.11 Å². The van der Waals surface area contributed by atoms with E-state index in [1.165, 1.54) is 18.6 Å². The molecule has 4 nitrogen and oxygen atoms in total. The molecule has 1 N–H and O–H groups in total. The lowest BCUT2D eigenvalue weighted by molar-refractivity contribution is 0.0837. The second-order valence-corrected chi connectivity index (χ2v) is 4.88. The maximum atomic E-state index is 12.7. The Morgan fingerprint density at radius 1 is 1.42 bits per heavy atom. The van der Waals surface area contributed by atoms with Crippen molar-refractivity contribution in [3.8, 4) is 0 Å². The molecule has 1 aromatic heterocycles. The topological polar surface area (TPSA) is 53.4 Å². The van der Waals surface area contributed by atoms with Crippen LogP contribution >= 0.6 is 0 Å². The van der Waals surface area contributed by atoms with E-state index in [2.05, 4.69) is 9.88 Å². The van der Waals surface area contributed by atoms with Gasteiger partial charge in [0.15, 0.2) is 5.78 Å². The van der Waals surface area contributed by atoms with Gasteiger partial charge in [-0.15, -0.1) is 0 Å². The number of pyridine rings is 1. The molecule has 0 unspecified atom stereocenters. The lowest BCUT2D eigenvalue weighted by Crippen LogP contribution is -2.42. The number of aromatic nitrogens is 1. The van der Waals surface area contributed by atoms with Gasteiger partial charge in [-0.2, -0.15) is 0 Å². The highest BCUT2D eigenvalue weighted by Gasteiger charge is 2.24. The highest BCUT2D eigenvalue weighted by Crippen LogP contribution is 2.24. The molecule has 1 saturated carbocycles. The third kappa shape index (κ3) is 3.81. The highest BCUT2D eigenvalue weighted by molar-refractivity contribution is 5.94. The number of aliphatic hydroxyl groups excluding tert-OH is 1. The molecule has 19 heavy (non-hydrogen) atoms. The minimum absolute atomic E-state index is 0.0812. The van der Waals surface area contributed by atoms with Gasteiger partial charge in [-0.3, -0.25) is 14.7 Å². The van der Waals surface area contributed by atoms with E-state index in [-0.39, 0.29) is 12.4 Å². The Morgan fingerprint density at radius 2 is 2.21 bits per heavy atom. The fourth-order valence-corrected chi connectivity index (χ4v) is 2.27. The number of aliphatic hydroxyl groups is 1. The van der Waals surface area contributed by atoms with Crippen LogP contribution in [0.4, 0.5) is 4.39 Å². The van der Waals surface area contributed by atoms with Crippen LogP contribution in [0.1, 0.15) is 36.2 Å². The van der Waals surface area contributed by atoms with Crippen molar-refractivity contribution in [2.45, 2.75) is 31.7 Å². The zero-order chi connectivity index (χ0) is 13.7. The van der Waals surface area contributed by atoms with Gasteiger partial charge >= 0.3 is 0 Å². The molecule has 1 fully saturated rings. The third-order valence-corrected chi connectivity index (χ3v) is 3.62. The first-order valence-electron chi connectivity index (χ1n) is 6.70. The smallest absolute Gasteiger partial charge is 0.182 e. The number of rotatable bonds is 7. The van der Waals surface area contributed by atoms with E-state index < -0.39 is 5.82 Å². The minimum Gasteiger partial charge on any atom is -0.395 e. The van der Waals surface area contributed by atoms with Crippen molar-refractivity contribution in [3.63, 3.8) is 0 Å². The summed E-state index contributed by atoms with van der Waals surface area (Å²) in [6.07, 6.45) is 4.92. The standard InChI is InChI=1S/C14H19FN2O2/c15-11-4-5-13(16-10-11)14(19)6-7-17(8-9-18)12-2-1-3-12/h4-5,10,12,18H,1-3,6-9H2. The quantitative estimate of drug-likeness (QED) is 0.762. The zero-order valence-electron chi connectivity index (χ0n) is 10.9. The molecule has 0 atom stereocenters. The predicted molar refractivity (Wildman–Crippen MR) is 69.4 cm³/mol. The number of halogens is 1. The second kappa shape index (κ2) is 6.73. The van der Waals surface area contributed by atoms with Crippen LogP contribution in [0.25, 0.3) is 0 Å². The maximum Gasteiger partial charge on any atom is 0.182 e. The highest BCUT2D eigenvalue weighted by atomic mass is 19.1. The number of carbonyl (C=O) groups is 1. The monoisotopic (exact) mass is 266 g/mol. The van der Waals surface area contributed by atoms with Crippen LogP contribution in [0.5, 0.6) is 0 Å². The van der Waals surface area contributed by atoms with E-state index in [9.17, 15) is 9.18 Å². The van der Waals surface area contributed by atoms with E-state index in [0.717, 1.165) is 19.0 Å². The molecule has 1 aliphatic carbocycles. The van der Waals surface area contributed by atoms with Gasteiger partial charge in [-0.25, -0.2) is 4.39 Å². The average molecular weight is 266 g/mol. The number of carbonyl (C=O) groups excluding carboxylic acids is 1. The first kappa shape index (κ1) is 14.1. The van der Waals surface area contributed by atoms with Crippen LogP contribution in [-0.4, -0.2) is 46.5 Å². The van der Waals surface area contributed by atoms with E-state index >= 15 is 0 Å². The fourth-order valence-electron chi connectivity index (χ4n) is 2.27. The molecule has 1 heterocycles. The summed E-state index contributed by atoms with van der Waals surface area (Å²) < 4.78 is 12.7. The van der Waals surface area contributed by atoms with Gasteiger partial charge in [0.2, 0.25) is 0 Å². The molecule has 5 heteroatoms. The molecule has 0 aliphatic heterocycles. The van der Waals surface area contributed by atoms with Crippen LogP contribution < -0.4 is 0 Å². The Labute approximate surface area is 112 Å². The van der Waals surface area contributed by atoms with Crippen molar-refractivity contribution < 1.29 is 14.3 Å². The largest absolute Gasteiger partial charge is 0.395 e. The first-order chi connectivity index (χ1) is 9.20. The molecule has 0 aromatic carbocycles. The van der Waals surface area contributed by atoms with E-state index in [1.807, 2.05) is 0 Å². The molecule has 2 rings (SSSR count). The van der Waals surface area contributed by atoms with Crippen molar-refractivity contribution in [3.05, 3.63) is 29.8 Å². The number of Topliss-reactive ketones (excluding diaryl/α,β-unsaturated/α-hetero) is 1. The van der Waals surface area contributed by atoms with Gasteiger partial charge in [-0.05, 0) is 25.0 Å². The molecule has 1 aliphatic rings. The molecule has 0 spiro atoms. The fraction of sp³-hybridized carbons (Fsp3) is 0.571. The van der Waals surface area contributed by atoms with Crippen molar-refractivity contribution >= 4 is 5.78 Å². The van der Waals surface area contributed by atoms with Crippen molar-refractivity contribution in [2.24, 2.45) is 0 Å². The van der Waals surface area contributed by atoms with E-state index in [0.29, 0.717) is 31.2 Å². The molecule has 1 aromatic rings. The number of nitrogens with zero attached hydrogens (tertiary/aromatic N) is 2. The lowest BCUT2D eigenvalue weighted by atomic mass is 9.91. The van der Waals surface area contributed by atoms with E-state index in [1.54, 1.807) is 0 Å². The van der Waals surface area contributed by atoms with Crippen LogP contribution in [0.3, 0.4) is 0 Å². The summed E-state index contributed by atoms with van der Waals surface area (Å²) >= 11 is 0. The summed E-state index contributed by atoms with van der Waals surface area (Å²) in [5, 5.41) is 9.04.